The minimum Gasteiger partial charge on any atom is -0.382 e. The lowest BCUT2D eigenvalue weighted by Gasteiger charge is -2.15. The summed E-state index contributed by atoms with van der Waals surface area (Å²) >= 11 is 0. The molecule has 12 heteroatoms. The van der Waals surface area contributed by atoms with Crippen LogP contribution in [0.25, 0.3) is 0 Å². The van der Waals surface area contributed by atoms with Crippen LogP contribution in [0.3, 0.4) is 0 Å². The number of sulfonamides is 1. The molecule has 1 aromatic carbocycles. The van der Waals surface area contributed by atoms with Crippen LogP contribution in [0.15, 0.2) is 18.5 Å². The summed E-state index contributed by atoms with van der Waals surface area (Å²) in [6.45, 7) is 1.84. The van der Waals surface area contributed by atoms with Gasteiger partial charge in [0.15, 0.2) is 11.6 Å². The van der Waals surface area contributed by atoms with Crippen LogP contribution in [-0.4, -0.2) is 43.6 Å². The number of aromatic nitrogens is 2. The first kappa shape index (κ1) is 20.7. The molecule has 0 spiro atoms. The van der Waals surface area contributed by atoms with E-state index in [2.05, 4.69) is 20.0 Å². The first-order valence-corrected chi connectivity index (χ1v) is 10.4. The van der Waals surface area contributed by atoms with Gasteiger partial charge >= 0.3 is 0 Å². The molecule has 2 heterocycles. The fourth-order valence-corrected chi connectivity index (χ4v) is 4.29. The Labute approximate surface area is 166 Å². The zero-order valence-electron chi connectivity index (χ0n) is 15.7. The van der Waals surface area contributed by atoms with Gasteiger partial charge in [-0.25, -0.2) is 27.2 Å². The summed E-state index contributed by atoms with van der Waals surface area (Å²) in [4.78, 5) is 22.4. The molecule has 1 amide bonds. The van der Waals surface area contributed by atoms with E-state index < -0.39 is 44.9 Å². The first-order valence-electron chi connectivity index (χ1n) is 8.75. The Kier molecular flexibility index (Phi) is 5.55. The molecule has 9 nitrogen and oxygen atoms in total. The lowest BCUT2D eigenvalue weighted by molar-refractivity contribution is -0.117. The number of amides is 1. The van der Waals surface area contributed by atoms with E-state index in [0.29, 0.717) is 17.8 Å². The average molecular weight is 426 g/mol. The van der Waals surface area contributed by atoms with Crippen LogP contribution in [0, 0.1) is 11.6 Å². The van der Waals surface area contributed by atoms with Crippen molar-refractivity contribution in [2.75, 3.05) is 40.0 Å². The van der Waals surface area contributed by atoms with Crippen molar-refractivity contribution < 1.29 is 22.0 Å². The highest BCUT2D eigenvalue weighted by Crippen LogP contribution is 2.37. The van der Waals surface area contributed by atoms with Gasteiger partial charge in [-0.05, 0) is 18.6 Å². The van der Waals surface area contributed by atoms with Gasteiger partial charge in [0.25, 0.3) is 0 Å². The summed E-state index contributed by atoms with van der Waals surface area (Å²) in [5.41, 5.74) is 5.45. The van der Waals surface area contributed by atoms with Crippen LogP contribution in [0.5, 0.6) is 0 Å². The number of nitrogens with zero attached hydrogens (tertiary/aromatic N) is 3. The van der Waals surface area contributed by atoms with Gasteiger partial charge in [-0.3, -0.25) is 9.52 Å². The predicted octanol–water partition coefficient (Wildman–Crippen LogP) is 1.66. The predicted molar refractivity (Wildman–Crippen MR) is 105 cm³/mol. The molecule has 0 aliphatic carbocycles. The van der Waals surface area contributed by atoms with Gasteiger partial charge in [0.1, 0.15) is 29.4 Å². The van der Waals surface area contributed by atoms with Gasteiger partial charge in [-0.2, -0.15) is 0 Å². The van der Waals surface area contributed by atoms with E-state index in [1.54, 1.807) is 18.9 Å². The second-order valence-corrected chi connectivity index (χ2v) is 8.46. The highest BCUT2D eigenvalue weighted by Gasteiger charge is 2.36. The number of rotatable bonds is 6. The molecule has 4 N–H and O–H groups in total. The maximum atomic E-state index is 14.8. The van der Waals surface area contributed by atoms with Gasteiger partial charge in [-0.15, -0.1) is 0 Å². The Hall–Kier alpha value is -3.02. The van der Waals surface area contributed by atoms with Crippen LogP contribution in [0.1, 0.15) is 25.0 Å². The summed E-state index contributed by atoms with van der Waals surface area (Å²) in [6.07, 6.45) is 1.53. The van der Waals surface area contributed by atoms with E-state index >= 15 is 0 Å². The van der Waals surface area contributed by atoms with Crippen LogP contribution in [-0.2, 0) is 14.8 Å². The van der Waals surface area contributed by atoms with E-state index in [0.717, 1.165) is 12.1 Å². The standard InChI is InChI=1S/C17H20F2N6O3S/c1-3-6-29(27,28)24-11-5-4-10(18)14(12(11)19)23-17(26)9-7-25(2)15-13(9)21-8-22-16(15)20/h4-5,8-9,24H,3,6-7H2,1-2H3,(H,23,26)(H2,20,21,22). The van der Waals surface area contributed by atoms with Crippen molar-refractivity contribution in [2.45, 2.75) is 19.3 Å². The molecule has 3 rings (SSSR count). The minimum atomic E-state index is -3.80. The maximum Gasteiger partial charge on any atom is 0.235 e. The van der Waals surface area contributed by atoms with E-state index in [1.165, 1.54) is 6.33 Å². The number of carbonyl (C=O) groups excluding carboxylic acids is 1. The Morgan fingerprint density at radius 3 is 2.76 bits per heavy atom. The van der Waals surface area contributed by atoms with Crippen molar-refractivity contribution in [2.24, 2.45) is 0 Å². The smallest absolute Gasteiger partial charge is 0.235 e. The number of likely N-dealkylation sites (N-methyl/N-ethyl adjacent to an activating group) is 1. The number of hydrogen-bond donors (Lipinski definition) is 3. The number of fused-ring (bicyclic) bond motifs is 1. The van der Waals surface area contributed by atoms with Crippen molar-refractivity contribution in [3.8, 4) is 0 Å². The monoisotopic (exact) mass is 426 g/mol. The van der Waals surface area contributed by atoms with Gasteiger partial charge in [0.05, 0.1) is 17.1 Å². The second-order valence-electron chi connectivity index (χ2n) is 6.62. The molecule has 0 radical (unpaired) electrons. The van der Waals surface area contributed by atoms with E-state index in [9.17, 15) is 22.0 Å². The third-order valence-corrected chi connectivity index (χ3v) is 5.92. The second kappa shape index (κ2) is 7.78. The quantitative estimate of drug-likeness (QED) is 0.640. The molecule has 29 heavy (non-hydrogen) atoms. The summed E-state index contributed by atoms with van der Waals surface area (Å²) in [5.74, 6) is -3.83. The third-order valence-electron chi connectivity index (χ3n) is 4.44. The molecule has 0 fully saturated rings. The van der Waals surface area contributed by atoms with Crippen LogP contribution >= 0.6 is 0 Å². The molecule has 156 valence electrons. The maximum absolute atomic E-state index is 14.8. The molecule has 0 saturated carbocycles. The Morgan fingerprint density at radius 1 is 1.34 bits per heavy atom. The number of nitrogen functional groups attached to an aromatic ring is 1. The third kappa shape index (κ3) is 4.06. The van der Waals surface area contributed by atoms with E-state index in [4.69, 9.17) is 5.73 Å². The molecule has 1 unspecified atom stereocenters. The molecular formula is C17H20F2N6O3S. The van der Waals surface area contributed by atoms with Crippen molar-refractivity contribution in [3.05, 3.63) is 35.8 Å². The van der Waals surface area contributed by atoms with Crippen molar-refractivity contribution in [1.29, 1.82) is 0 Å². The van der Waals surface area contributed by atoms with Gasteiger partial charge in [-0.1, -0.05) is 6.92 Å². The number of nitrogens with one attached hydrogen (secondary N) is 2. The Bertz CT molecular complexity index is 1060. The molecule has 1 aromatic heterocycles. The number of halogens is 2. The van der Waals surface area contributed by atoms with Crippen molar-refractivity contribution >= 4 is 38.8 Å². The highest BCUT2D eigenvalue weighted by atomic mass is 32.2. The van der Waals surface area contributed by atoms with Crippen LogP contribution in [0.4, 0.5) is 31.7 Å². The number of carbonyl (C=O) groups is 1. The largest absolute Gasteiger partial charge is 0.382 e. The average Bonchev–Trinajstić information content (AvgIpc) is 2.99. The molecule has 2 aromatic rings. The zero-order chi connectivity index (χ0) is 21.3. The molecule has 1 aliphatic rings. The van der Waals surface area contributed by atoms with Crippen molar-refractivity contribution in [1.82, 2.24) is 9.97 Å². The lowest BCUT2D eigenvalue weighted by atomic mass is 10.1. The van der Waals surface area contributed by atoms with Crippen LogP contribution < -0.4 is 20.7 Å². The summed E-state index contributed by atoms with van der Waals surface area (Å²) in [6, 6.07) is 1.83. The van der Waals surface area contributed by atoms with Gasteiger partial charge < -0.3 is 16.0 Å². The summed E-state index contributed by atoms with van der Waals surface area (Å²) < 4.78 is 54.8. The fourth-order valence-electron chi connectivity index (χ4n) is 3.16. The zero-order valence-corrected chi connectivity index (χ0v) is 16.6. The van der Waals surface area contributed by atoms with E-state index in [-0.39, 0.29) is 18.1 Å². The molecule has 0 saturated heterocycles. The van der Waals surface area contributed by atoms with Crippen molar-refractivity contribution in [3.63, 3.8) is 0 Å². The van der Waals surface area contributed by atoms with E-state index in [1.807, 2.05) is 0 Å². The fraction of sp³-hybridized carbons (Fsp3) is 0.353. The topological polar surface area (TPSA) is 130 Å². The Balaban J connectivity index is 1.89. The number of anilines is 4. The Morgan fingerprint density at radius 2 is 2.07 bits per heavy atom. The normalized spacial score (nSPS) is 15.9. The van der Waals surface area contributed by atoms with Gasteiger partial charge in [0.2, 0.25) is 15.9 Å². The van der Waals surface area contributed by atoms with Crippen LogP contribution in [0.2, 0.25) is 0 Å². The number of hydrogen-bond acceptors (Lipinski definition) is 7. The SMILES string of the molecule is CCCS(=O)(=O)Nc1ccc(F)c(NC(=O)C2CN(C)c3c(N)ncnc32)c1F. The first-order chi connectivity index (χ1) is 13.6. The molecule has 0 bridgehead atoms. The summed E-state index contributed by atoms with van der Waals surface area (Å²) in [5, 5.41) is 2.21. The minimum absolute atomic E-state index is 0.191. The molecule has 1 aliphatic heterocycles. The van der Waals surface area contributed by atoms with Gasteiger partial charge in [0, 0.05) is 13.6 Å². The molecular weight excluding hydrogens is 406 g/mol. The lowest BCUT2D eigenvalue weighted by Crippen LogP contribution is -2.27. The highest BCUT2D eigenvalue weighted by molar-refractivity contribution is 7.92. The summed E-state index contributed by atoms with van der Waals surface area (Å²) in [7, 11) is -2.11. The number of benzene rings is 1. The number of nitrogens with two attached hydrogens (primary N) is 1. The molecule has 1 atom stereocenters.